The van der Waals surface area contributed by atoms with E-state index in [2.05, 4.69) is 22.8 Å². The first kappa shape index (κ1) is 22.4. The van der Waals surface area contributed by atoms with Crippen molar-refractivity contribution in [3.63, 3.8) is 0 Å². The Morgan fingerprint density at radius 1 is 0.839 bits per heavy atom. The monoisotopic (exact) mass is 418 g/mol. The van der Waals surface area contributed by atoms with Crippen molar-refractivity contribution < 1.29 is 14.3 Å². The second kappa shape index (κ2) is 11.2. The van der Waals surface area contributed by atoms with Crippen molar-refractivity contribution in [3.05, 3.63) is 95.6 Å². The van der Waals surface area contributed by atoms with Gasteiger partial charge in [-0.25, -0.2) is 0 Å². The fraction of sp³-hybridized carbons (Fsp3) is 0.269. The van der Waals surface area contributed by atoms with Crippen LogP contribution in [0.2, 0.25) is 0 Å². The molecule has 31 heavy (non-hydrogen) atoms. The number of ether oxygens (including phenoxy) is 2. The molecule has 0 aliphatic carbocycles. The maximum Gasteiger partial charge on any atom is 0.241 e. The van der Waals surface area contributed by atoms with Gasteiger partial charge in [-0.05, 0) is 41.7 Å². The molecule has 0 aliphatic heterocycles. The number of carbonyl (C=O) groups is 1. The molecule has 3 aromatic carbocycles. The van der Waals surface area contributed by atoms with Gasteiger partial charge in [-0.2, -0.15) is 0 Å². The molecule has 162 valence electrons. The molecular formula is C26H30N2O3. The standard InChI is InChI=1S/C26H30N2O3/c1-27-26(29)25(20-12-8-5-9-13-20)28-22(16-14-19-10-6-4-7-11-19)21-15-17-23(30-2)24(18-21)31-3/h4-13,15,17-18,22,25,28H,14,16H2,1-3H3,(H,27,29)/t22-,25?/m0/s1. The molecule has 3 aromatic rings. The van der Waals surface area contributed by atoms with Gasteiger partial charge in [0.25, 0.3) is 0 Å². The quantitative estimate of drug-likeness (QED) is 0.511. The average Bonchev–Trinajstić information content (AvgIpc) is 2.84. The number of rotatable bonds is 10. The number of carbonyl (C=O) groups excluding carboxylic acids is 1. The molecule has 2 N–H and O–H groups in total. The van der Waals surface area contributed by atoms with Crippen LogP contribution in [-0.2, 0) is 11.2 Å². The fourth-order valence-corrected chi connectivity index (χ4v) is 3.69. The first-order valence-electron chi connectivity index (χ1n) is 10.4. The number of hydrogen-bond acceptors (Lipinski definition) is 4. The molecule has 0 spiro atoms. The summed E-state index contributed by atoms with van der Waals surface area (Å²) < 4.78 is 10.9. The highest BCUT2D eigenvalue weighted by Gasteiger charge is 2.24. The highest BCUT2D eigenvalue weighted by Crippen LogP contribution is 2.32. The van der Waals surface area contributed by atoms with Crippen molar-refractivity contribution in [2.45, 2.75) is 24.9 Å². The topological polar surface area (TPSA) is 59.6 Å². The molecule has 5 nitrogen and oxygen atoms in total. The van der Waals surface area contributed by atoms with Crippen LogP contribution in [0.4, 0.5) is 0 Å². The fourth-order valence-electron chi connectivity index (χ4n) is 3.69. The third-order valence-electron chi connectivity index (χ3n) is 5.38. The van der Waals surface area contributed by atoms with Crippen LogP contribution in [-0.4, -0.2) is 27.2 Å². The van der Waals surface area contributed by atoms with Gasteiger partial charge in [-0.15, -0.1) is 0 Å². The Kier molecular flexibility index (Phi) is 8.07. The predicted octanol–water partition coefficient (Wildman–Crippen LogP) is 4.45. The lowest BCUT2D eigenvalue weighted by atomic mass is 9.96. The summed E-state index contributed by atoms with van der Waals surface area (Å²) in [7, 11) is 4.92. The molecule has 3 rings (SSSR count). The number of benzene rings is 3. The van der Waals surface area contributed by atoms with Gasteiger partial charge in [0, 0.05) is 13.1 Å². The van der Waals surface area contributed by atoms with Gasteiger partial charge in [0.15, 0.2) is 11.5 Å². The Hall–Kier alpha value is -3.31. The van der Waals surface area contributed by atoms with Crippen molar-refractivity contribution in [3.8, 4) is 11.5 Å². The summed E-state index contributed by atoms with van der Waals surface area (Å²) in [6, 6.07) is 25.5. The zero-order chi connectivity index (χ0) is 22.1. The summed E-state index contributed by atoms with van der Waals surface area (Å²) in [5.41, 5.74) is 3.22. The van der Waals surface area contributed by atoms with E-state index in [0.717, 1.165) is 24.0 Å². The summed E-state index contributed by atoms with van der Waals surface area (Å²) in [5.74, 6) is 1.28. The van der Waals surface area contributed by atoms with E-state index < -0.39 is 6.04 Å². The van der Waals surface area contributed by atoms with Gasteiger partial charge >= 0.3 is 0 Å². The number of nitrogens with one attached hydrogen (secondary N) is 2. The first-order valence-corrected chi connectivity index (χ1v) is 10.4. The van der Waals surface area contributed by atoms with E-state index in [-0.39, 0.29) is 11.9 Å². The largest absolute Gasteiger partial charge is 0.493 e. The van der Waals surface area contributed by atoms with Crippen LogP contribution in [0.15, 0.2) is 78.9 Å². The van der Waals surface area contributed by atoms with Crippen LogP contribution in [0.5, 0.6) is 11.5 Å². The minimum atomic E-state index is -0.472. The van der Waals surface area contributed by atoms with E-state index in [1.165, 1.54) is 5.56 Å². The van der Waals surface area contributed by atoms with E-state index in [1.54, 1.807) is 21.3 Å². The molecule has 1 amide bonds. The predicted molar refractivity (Wildman–Crippen MR) is 123 cm³/mol. The van der Waals surface area contributed by atoms with E-state index in [4.69, 9.17) is 9.47 Å². The molecule has 0 saturated heterocycles. The maximum absolute atomic E-state index is 12.8. The zero-order valence-electron chi connectivity index (χ0n) is 18.3. The Morgan fingerprint density at radius 3 is 2.10 bits per heavy atom. The van der Waals surface area contributed by atoms with Crippen molar-refractivity contribution in [1.82, 2.24) is 10.6 Å². The van der Waals surface area contributed by atoms with Crippen LogP contribution in [0.1, 0.15) is 35.2 Å². The van der Waals surface area contributed by atoms with E-state index >= 15 is 0 Å². The van der Waals surface area contributed by atoms with Crippen LogP contribution in [0.25, 0.3) is 0 Å². The Balaban J connectivity index is 1.93. The molecule has 0 aromatic heterocycles. The average molecular weight is 419 g/mol. The van der Waals surface area contributed by atoms with Gasteiger partial charge in [-0.1, -0.05) is 66.7 Å². The molecule has 1 unspecified atom stereocenters. The SMILES string of the molecule is CNC(=O)C(N[C@@H](CCc1ccccc1)c1ccc(OC)c(OC)c1)c1ccccc1. The number of hydrogen-bond donors (Lipinski definition) is 2. The molecule has 5 heteroatoms. The third kappa shape index (κ3) is 5.86. The lowest BCUT2D eigenvalue weighted by Crippen LogP contribution is -2.38. The summed E-state index contributed by atoms with van der Waals surface area (Å²) in [6.07, 6.45) is 1.70. The zero-order valence-corrected chi connectivity index (χ0v) is 18.3. The van der Waals surface area contributed by atoms with E-state index in [0.29, 0.717) is 11.5 Å². The molecule has 0 heterocycles. The van der Waals surface area contributed by atoms with Crippen molar-refractivity contribution >= 4 is 5.91 Å². The summed E-state index contributed by atoms with van der Waals surface area (Å²) in [4.78, 5) is 12.8. The Bertz CT molecular complexity index is 961. The number of aryl methyl sites for hydroxylation is 1. The van der Waals surface area contributed by atoms with Crippen LogP contribution < -0.4 is 20.1 Å². The van der Waals surface area contributed by atoms with Gasteiger partial charge in [0.1, 0.15) is 6.04 Å². The van der Waals surface area contributed by atoms with Crippen molar-refractivity contribution in [2.24, 2.45) is 0 Å². The molecular weight excluding hydrogens is 388 g/mol. The second-order valence-electron chi connectivity index (χ2n) is 7.32. The highest BCUT2D eigenvalue weighted by molar-refractivity contribution is 5.83. The lowest BCUT2D eigenvalue weighted by molar-refractivity contribution is -0.123. The number of likely N-dealkylation sites (N-methyl/N-ethyl adjacent to an activating group) is 1. The number of amides is 1. The maximum atomic E-state index is 12.8. The first-order chi connectivity index (χ1) is 15.2. The van der Waals surface area contributed by atoms with Gasteiger partial charge in [0.05, 0.1) is 14.2 Å². The minimum absolute atomic E-state index is 0.0671. The van der Waals surface area contributed by atoms with E-state index in [1.807, 2.05) is 66.7 Å². The molecule has 0 aliphatic rings. The van der Waals surface area contributed by atoms with Crippen LogP contribution >= 0.6 is 0 Å². The smallest absolute Gasteiger partial charge is 0.241 e. The summed E-state index contributed by atoms with van der Waals surface area (Å²) in [6.45, 7) is 0. The number of methoxy groups -OCH3 is 2. The molecule has 0 radical (unpaired) electrons. The van der Waals surface area contributed by atoms with Gasteiger partial charge in [-0.3, -0.25) is 10.1 Å². The van der Waals surface area contributed by atoms with Crippen LogP contribution in [0.3, 0.4) is 0 Å². The Labute approximate surface area is 184 Å². The molecule has 2 atom stereocenters. The normalized spacial score (nSPS) is 12.6. The molecule has 0 saturated carbocycles. The van der Waals surface area contributed by atoms with Crippen molar-refractivity contribution in [1.29, 1.82) is 0 Å². The van der Waals surface area contributed by atoms with Crippen molar-refractivity contribution in [2.75, 3.05) is 21.3 Å². The van der Waals surface area contributed by atoms with E-state index in [9.17, 15) is 4.79 Å². The van der Waals surface area contributed by atoms with Gasteiger partial charge < -0.3 is 14.8 Å². The lowest BCUT2D eigenvalue weighted by Gasteiger charge is -2.26. The molecule has 0 bridgehead atoms. The summed E-state index contributed by atoms with van der Waals surface area (Å²) >= 11 is 0. The molecule has 0 fully saturated rings. The second-order valence-corrected chi connectivity index (χ2v) is 7.32. The Morgan fingerprint density at radius 2 is 1.48 bits per heavy atom. The summed E-state index contributed by atoms with van der Waals surface area (Å²) in [5, 5.41) is 6.38. The van der Waals surface area contributed by atoms with Crippen LogP contribution in [0, 0.1) is 0 Å². The van der Waals surface area contributed by atoms with Gasteiger partial charge in [0.2, 0.25) is 5.91 Å². The third-order valence-corrected chi connectivity index (χ3v) is 5.38. The minimum Gasteiger partial charge on any atom is -0.493 e. The highest BCUT2D eigenvalue weighted by atomic mass is 16.5.